The molecule has 7 heteroatoms. The Morgan fingerprint density at radius 1 is 1.28 bits per heavy atom. The molecule has 1 fully saturated rings. The average Bonchev–Trinajstić information content (AvgIpc) is 2.36. The summed E-state index contributed by atoms with van der Waals surface area (Å²) < 4.78 is 28.5. The predicted molar refractivity (Wildman–Crippen MR) is 73.7 cm³/mol. The molecule has 0 aromatic heterocycles. The second kappa shape index (κ2) is 7.40. The van der Waals surface area contributed by atoms with Crippen LogP contribution in [0, 0.1) is 0 Å². The number of nitrogens with zero attached hydrogens (tertiary/aromatic N) is 2. The van der Waals surface area contributed by atoms with Crippen LogP contribution in [0.25, 0.3) is 0 Å². The van der Waals surface area contributed by atoms with Gasteiger partial charge in [0.1, 0.15) is 0 Å². The molecule has 18 heavy (non-hydrogen) atoms. The zero-order valence-corrected chi connectivity index (χ0v) is 12.5. The van der Waals surface area contributed by atoms with Crippen molar-refractivity contribution in [2.45, 2.75) is 26.8 Å². The molecule has 0 bridgehead atoms. The van der Waals surface area contributed by atoms with E-state index in [1.807, 2.05) is 6.92 Å². The SMILES string of the molecule is CCN(CC)CC(C)NS(=O)(=O)N1CCNCC1. The van der Waals surface area contributed by atoms with Crippen molar-refractivity contribution in [1.82, 2.24) is 19.2 Å². The topological polar surface area (TPSA) is 64.7 Å². The van der Waals surface area contributed by atoms with Gasteiger partial charge in [-0.1, -0.05) is 13.8 Å². The zero-order chi connectivity index (χ0) is 13.6. The van der Waals surface area contributed by atoms with Gasteiger partial charge in [-0.2, -0.15) is 17.4 Å². The van der Waals surface area contributed by atoms with Crippen molar-refractivity contribution < 1.29 is 8.42 Å². The molecule has 1 unspecified atom stereocenters. The van der Waals surface area contributed by atoms with E-state index in [1.54, 1.807) is 0 Å². The summed E-state index contributed by atoms with van der Waals surface area (Å²) in [5.41, 5.74) is 0. The largest absolute Gasteiger partial charge is 0.314 e. The summed E-state index contributed by atoms with van der Waals surface area (Å²) in [5, 5.41) is 3.15. The maximum Gasteiger partial charge on any atom is 0.279 e. The van der Waals surface area contributed by atoms with Gasteiger partial charge in [-0.25, -0.2) is 0 Å². The fourth-order valence-electron chi connectivity index (χ4n) is 2.12. The van der Waals surface area contributed by atoms with Crippen LogP contribution in [0.4, 0.5) is 0 Å². The first-order valence-electron chi connectivity index (χ1n) is 6.70. The highest BCUT2D eigenvalue weighted by molar-refractivity contribution is 7.87. The Hall–Kier alpha value is -0.210. The molecule has 0 radical (unpaired) electrons. The molecule has 108 valence electrons. The van der Waals surface area contributed by atoms with E-state index in [0.717, 1.165) is 32.7 Å². The van der Waals surface area contributed by atoms with Crippen molar-refractivity contribution in [1.29, 1.82) is 0 Å². The molecular formula is C11H26N4O2S. The van der Waals surface area contributed by atoms with Crippen LogP contribution in [-0.2, 0) is 10.2 Å². The summed E-state index contributed by atoms with van der Waals surface area (Å²) in [5.74, 6) is 0. The fraction of sp³-hybridized carbons (Fsp3) is 1.00. The molecule has 1 aliphatic heterocycles. The maximum atomic E-state index is 12.1. The van der Waals surface area contributed by atoms with Crippen molar-refractivity contribution >= 4 is 10.2 Å². The van der Waals surface area contributed by atoms with Crippen LogP contribution in [-0.4, -0.2) is 69.5 Å². The van der Waals surface area contributed by atoms with Crippen LogP contribution in [0.3, 0.4) is 0 Å². The van der Waals surface area contributed by atoms with Crippen LogP contribution in [0.15, 0.2) is 0 Å². The number of likely N-dealkylation sites (N-methyl/N-ethyl adjacent to an activating group) is 1. The van der Waals surface area contributed by atoms with E-state index in [1.165, 1.54) is 4.31 Å². The van der Waals surface area contributed by atoms with Gasteiger partial charge in [0, 0.05) is 38.8 Å². The monoisotopic (exact) mass is 278 g/mol. The molecule has 2 N–H and O–H groups in total. The first-order chi connectivity index (χ1) is 8.49. The van der Waals surface area contributed by atoms with Crippen molar-refractivity contribution in [3.8, 4) is 0 Å². The Morgan fingerprint density at radius 2 is 1.83 bits per heavy atom. The van der Waals surface area contributed by atoms with Crippen LogP contribution in [0.2, 0.25) is 0 Å². The highest BCUT2D eigenvalue weighted by atomic mass is 32.2. The van der Waals surface area contributed by atoms with Crippen LogP contribution in [0.5, 0.6) is 0 Å². The van der Waals surface area contributed by atoms with E-state index in [2.05, 4.69) is 28.8 Å². The first-order valence-corrected chi connectivity index (χ1v) is 8.14. The van der Waals surface area contributed by atoms with E-state index >= 15 is 0 Å². The smallest absolute Gasteiger partial charge is 0.279 e. The van der Waals surface area contributed by atoms with Gasteiger partial charge < -0.3 is 10.2 Å². The molecule has 0 aromatic rings. The lowest BCUT2D eigenvalue weighted by molar-refractivity contribution is 0.278. The lowest BCUT2D eigenvalue weighted by Crippen LogP contribution is -2.53. The predicted octanol–water partition coefficient (Wildman–Crippen LogP) is -0.544. The molecule has 6 nitrogen and oxygen atoms in total. The van der Waals surface area contributed by atoms with Crippen LogP contribution in [0.1, 0.15) is 20.8 Å². The number of piperazine rings is 1. The Kier molecular flexibility index (Phi) is 6.51. The number of hydrogen-bond donors (Lipinski definition) is 2. The van der Waals surface area contributed by atoms with Gasteiger partial charge in [-0.3, -0.25) is 0 Å². The molecule has 0 saturated carbocycles. The quantitative estimate of drug-likeness (QED) is 0.656. The fourth-order valence-corrected chi connectivity index (χ4v) is 3.52. The average molecular weight is 278 g/mol. The summed E-state index contributed by atoms with van der Waals surface area (Å²) in [4.78, 5) is 2.21. The molecule has 1 heterocycles. The standard InChI is InChI=1S/C11H26N4O2S/c1-4-14(5-2)10-11(3)13-18(16,17)15-8-6-12-7-9-15/h11-13H,4-10H2,1-3H3. The zero-order valence-electron chi connectivity index (χ0n) is 11.6. The van der Waals surface area contributed by atoms with Gasteiger partial charge in [0.05, 0.1) is 0 Å². The number of rotatable bonds is 7. The summed E-state index contributed by atoms with van der Waals surface area (Å²) in [7, 11) is -3.33. The van der Waals surface area contributed by atoms with Crippen molar-refractivity contribution in [2.24, 2.45) is 0 Å². The van der Waals surface area contributed by atoms with E-state index in [4.69, 9.17) is 0 Å². The van der Waals surface area contributed by atoms with E-state index in [0.29, 0.717) is 13.1 Å². The molecule has 0 aliphatic carbocycles. The Bertz CT molecular complexity index is 324. The summed E-state index contributed by atoms with van der Waals surface area (Å²) >= 11 is 0. The first kappa shape index (κ1) is 15.8. The van der Waals surface area contributed by atoms with Crippen molar-refractivity contribution in [2.75, 3.05) is 45.8 Å². The highest BCUT2D eigenvalue weighted by Crippen LogP contribution is 2.02. The van der Waals surface area contributed by atoms with Crippen LogP contribution < -0.4 is 10.0 Å². The normalized spacial score (nSPS) is 20.2. The summed E-state index contributed by atoms with van der Waals surface area (Å²) in [6, 6.07) is -0.0650. The summed E-state index contributed by atoms with van der Waals surface area (Å²) in [6.45, 7) is 11.3. The van der Waals surface area contributed by atoms with Gasteiger partial charge in [0.15, 0.2) is 0 Å². The van der Waals surface area contributed by atoms with E-state index < -0.39 is 10.2 Å². The minimum Gasteiger partial charge on any atom is -0.314 e. The second-order valence-electron chi connectivity index (χ2n) is 4.66. The highest BCUT2D eigenvalue weighted by Gasteiger charge is 2.25. The van der Waals surface area contributed by atoms with Gasteiger partial charge >= 0.3 is 0 Å². The Labute approximate surface area is 111 Å². The Morgan fingerprint density at radius 3 is 2.33 bits per heavy atom. The van der Waals surface area contributed by atoms with Crippen molar-refractivity contribution in [3.63, 3.8) is 0 Å². The Balaban J connectivity index is 2.48. The van der Waals surface area contributed by atoms with E-state index in [-0.39, 0.29) is 6.04 Å². The number of hydrogen-bond acceptors (Lipinski definition) is 4. The minimum absolute atomic E-state index is 0.0650. The third kappa shape index (κ3) is 4.81. The molecule has 0 aromatic carbocycles. The molecule has 1 aliphatic rings. The third-order valence-electron chi connectivity index (χ3n) is 3.19. The molecule has 0 spiro atoms. The lowest BCUT2D eigenvalue weighted by Gasteiger charge is -2.29. The molecule has 0 amide bonds. The van der Waals surface area contributed by atoms with Gasteiger partial charge in [-0.05, 0) is 20.0 Å². The van der Waals surface area contributed by atoms with Gasteiger partial charge in [0.25, 0.3) is 10.2 Å². The maximum absolute atomic E-state index is 12.1. The molecule has 1 rings (SSSR count). The molecule has 1 saturated heterocycles. The molecule has 1 atom stereocenters. The lowest BCUT2D eigenvalue weighted by atomic mass is 10.3. The van der Waals surface area contributed by atoms with E-state index in [9.17, 15) is 8.42 Å². The summed E-state index contributed by atoms with van der Waals surface area (Å²) in [6.07, 6.45) is 0. The number of nitrogens with one attached hydrogen (secondary N) is 2. The van der Waals surface area contributed by atoms with Crippen molar-refractivity contribution in [3.05, 3.63) is 0 Å². The third-order valence-corrected chi connectivity index (χ3v) is 4.94. The minimum atomic E-state index is -3.33. The van der Waals surface area contributed by atoms with Gasteiger partial charge in [-0.15, -0.1) is 0 Å². The second-order valence-corrected chi connectivity index (χ2v) is 6.36. The van der Waals surface area contributed by atoms with Crippen LogP contribution >= 0.6 is 0 Å². The molecular weight excluding hydrogens is 252 g/mol. The van der Waals surface area contributed by atoms with Gasteiger partial charge in [0.2, 0.25) is 0 Å².